The number of halogens is 1. The third kappa shape index (κ3) is 1.86. The molecule has 0 saturated heterocycles. The van der Waals surface area contributed by atoms with Crippen LogP contribution in [0.25, 0.3) is 0 Å². The highest BCUT2D eigenvalue weighted by Gasteiger charge is 2.63. The fourth-order valence-corrected chi connectivity index (χ4v) is 6.47. The minimum Gasteiger partial charge on any atom is -0.395 e. The molecule has 25 heavy (non-hydrogen) atoms. The number of allylic oxidation sites excluding steroid dienone is 4. The number of carbonyl (C=O) groups excluding carboxylic acids is 2. The van der Waals surface area contributed by atoms with Crippen LogP contribution in [0, 0.1) is 34.5 Å². The maximum Gasteiger partial charge on any atom is 0.201 e. The van der Waals surface area contributed by atoms with Crippen LogP contribution in [-0.2, 0) is 9.59 Å². The molecule has 0 aromatic heterocycles. The maximum absolute atomic E-state index is 14.3. The van der Waals surface area contributed by atoms with E-state index in [1.54, 1.807) is 6.08 Å². The molecule has 134 valence electrons. The molecule has 0 aromatic carbocycles. The first-order valence-electron chi connectivity index (χ1n) is 9.24. The molecule has 2 N–H and O–H groups in total. The number of ketones is 2. The smallest absolute Gasteiger partial charge is 0.201 e. The van der Waals surface area contributed by atoms with Crippen molar-refractivity contribution in [3.63, 3.8) is 0 Å². The van der Waals surface area contributed by atoms with Crippen LogP contribution in [0.1, 0.15) is 40.0 Å². The summed E-state index contributed by atoms with van der Waals surface area (Å²) in [6, 6.07) is 0. The van der Waals surface area contributed by atoms with Crippen molar-refractivity contribution in [3.05, 3.63) is 35.6 Å². The van der Waals surface area contributed by atoms with E-state index < -0.39 is 11.6 Å². The number of nitrogens with two attached hydrogens (primary N) is 1. The second-order valence-corrected chi connectivity index (χ2v) is 8.90. The molecule has 7 atom stereocenters. The molecule has 0 aromatic rings. The van der Waals surface area contributed by atoms with E-state index in [9.17, 15) is 14.0 Å². The summed E-state index contributed by atoms with van der Waals surface area (Å²) in [6.07, 6.45) is 4.09. The number of rotatable bonds is 0. The van der Waals surface area contributed by atoms with E-state index >= 15 is 0 Å². The van der Waals surface area contributed by atoms with Gasteiger partial charge in [0.15, 0.2) is 12.0 Å². The molecule has 0 heterocycles. The van der Waals surface area contributed by atoms with Crippen LogP contribution >= 0.6 is 0 Å². The summed E-state index contributed by atoms with van der Waals surface area (Å²) in [5.41, 5.74) is 7.32. The van der Waals surface area contributed by atoms with Crippen molar-refractivity contribution < 1.29 is 14.0 Å². The van der Waals surface area contributed by atoms with Gasteiger partial charge in [-0.25, -0.2) is 4.39 Å². The lowest BCUT2D eigenvalue weighted by Gasteiger charge is -2.58. The van der Waals surface area contributed by atoms with E-state index in [2.05, 4.69) is 20.4 Å². The van der Waals surface area contributed by atoms with Gasteiger partial charge in [0.2, 0.25) is 5.78 Å². The summed E-state index contributed by atoms with van der Waals surface area (Å²) in [4.78, 5) is 24.6. The first-order valence-corrected chi connectivity index (χ1v) is 9.24. The summed E-state index contributed by atoms with van der Waals surface area (Å²) in [5, 5.41) is 0. The van der Waals surface area contributed by atoms with E-state index in [4.69, 9.17) is 5.73 Å². The first-order chi connectivity index (χ1) is 11.6. The fourth-order valence-electron chi connectivity index (χ4n) is 6.47. The van der Waals surface area contributed by atoms with Gasteiger partial charge in [0.05, 0.1) is 5.70 Å². The molecular formula is C21H26FNO2. The van der Waals surface area contributed by atoms with Crippen molar-refractivity contribution in [2.75, 3.05) is 0 Å². The van der Waals surface area contributed by atoms with Crippen molar-refractivity contribution in [1.29, 1.82) is 0 Å². The standard InChI is InChI=1S/C21H26FNO2/c1-10-11(2)17-18(23)15(24)6-8-20(17,3)12-5-7-21(4)13(16(10)12)9-14(22)19(21)25/h6,8,10,12-14,16H,2,5,7,9,23H2,1,3-4H3/t10-,12+,13+,14-,16-,20-,21+/m1/s1. The minimum atomic E-state index is -1.34. The second kappa shape index (κ2) is 4.93. The molecular weight excluding hydrogens is 317 g/mol. The number of fused-ring (bicyclic) bond motifs is 5. The molecule has 4 aliphatic rings. The summed E-state index contributed by atoms with van der Waals surface area (Å²) >= 11 is 0. The number of hydrogen-bond donors (Lipinski definition) is 1. The van der Waals surface area contributed by atoms with E-state index in [1.807, 2.05) is 13.0 Å². The largest absolute Gasteiger partial charge is 0.395 e. The molecule has 0 aliphatic heterocycles. The normalized spacial score (nSPS) is 49.1. The van der Waals surface area contributed by atoms with Crippen LogP contribution < -0.4 is 5.73 Å². The van der Waals surface area contributed by atoms with Crippen LogP contribution in [0.2, 0.25) is 0 Å². The molecule has 0 bridgehead atoms. The highest BCUT2D eigenvalue weighted by atomic mass is 19.1. The first kappa shape index (κ1) is 16.7. The fraction of sp³-hybridized carbons (Fsp3) is 0.619. The van der Waals surface area contributed by atoms with Crippen molar-refractivity contribution >= 4 is 11.6 Å². The Labute approximate surface area is 148 Å². The van der Waals surface area contributed by atoms with Crippen LogP contribution in [0.5, 0.6) is 0 Å². The molecule has 0 spiro atoms. The average molecular weight is 343 g/mol. The van der Waals surface area contributed by atoms with Crippen molar-refractivity contribution in [2.45, 2.75) is 46.2 Å². The monoisotopic (exact) mass is 343 g/mol. The maximum atomic E-state index is 14.3. The van der Waals surface area contributed by atoms with Gasteiger partial charge < -0.3 is 5.73 Å². The predicted molar refractivity (Wildman–Crippen MR) is 94.1 cm³/mol. The van der Waals surface area contributed by atoms with Gasteiger partial charge in [-0.2, -0.15) is 0 Å². The molecule has 4 rings (SSSR count). The molecule has 4 heteroatoms. The Kier molecular flexibility index (Phi) is 3.30. The zero-order chi connectivity index (χ0) is 18.3. The van der Waals surface area contributed by atoms with Gasteiger partial charge in [-0.1, -0.05) is 33.4 Å². The Morgan fingerprint density at radius 1 is 1.28 bits per heavy atom. The number of Topliss-reactive ketones (excluding diaryl/α,β-unsaturated/α-hetero) is 1. The lowest BCUT2D eigenvalue weighted by molar-refractivity contribution is -0.135. The Balaban J connectivity index is 1.85. The van der Waals surface area contributed by atoms with E-state index in [0.29, 0.717) is 18.5 Å². The Morgan fingerprint density at radius 2 is 1.96 bits per heavy atom. The van der Waals surface area contributed by atoms with Gasteiger partial charge in [-0.3, -0.25) is 9.59 Å². The van der Waals surface area contributed by atoms with Gasteiger partial charge in [-0.05, 0) is 60.2 Å². The molecule has 0 amide bonds. The lowest BCUT2D eigenvalue weighted by atomic mass is 9.45. The highest BCUT2D eigenvalue weighted by molar-refractivity contribution is 6.06. The van der Waals surface area contributed by atoms with Crippen LogP contribution in [0.4, 0.5) is 4.39 Å². The van der Waals surface area contributed by atoms with Crippen molar-refractivity contribution in [1.82, 2.24) is 0 Å². The summed E-state index contributed by atoms with van der Waals surface area (Å²) in [7, 11) is 0. The van der Waals surface area contributed by atoms with E-state index in [-0.39, 0.29) is 40.7 Å². The molecule has 4 aliphatic carbocycles. The molecule has 3 saturated carbocycles. The van der Waals surface area contributed by atoms with Gasteiger partial charge in [0.25, 0.3) is 0 Å². The van der Waals surface area contributed by atoms with Gasteiger partial charge in [0, 0.05) is 10.8 Å². The minimum absolute atomic E-state index is 0.0335. The quantitative estimate of drug-likeness (QED) is 0.732. The second-order valence-electron chi connectivity index (χ2n) is 8.90. The Morgan fingerprint density at radius 3 is 2.64 bits per heavy atom. The Bertz CT molecular complexity index is 766. The lowest BCUT2D eigenvalue weighted by Crippen LogP contribution is -2.53. The summed E-state index contributed by atoms with van der Waals surface area (Å²) < 4.78 is 14.3. The van der Waals surface area contributed by atoms with Crippen LogP contribution in [-0.4, -0.2) is 17.7 Å². The van der Waals surface area contributed by atoms with E-state index in [1.165, 1.54) is 0 Å². The number of alkyl halides is 1. The molecule has 0 unspecified atom stereocenters. The predicted octanol–water partition coefficient (Wildman–Crippen LogP) is 3.51. The zero-order valence-electron chi connectivity index (χ0n) is 15.1. The molecule has 3 nitrogen and oxygen atoms in total. The molecule has 0 radical (unpaired) electrons. The third-order valence-corrected chi connectivity index (χ3v) is 7.90. The number of hydrogen-bond acceptors (Lipinski definition) is 3. The van der Waals surface area contributed by atoms with Crippen molar-refractivity contribution in [2.24, 2.45) is 40.2 Å². The van der Waals surface area contributed by atoms with Gasteiger partial charge in [0.1, 0.15) is 0 Å². The zero-order valence-corrected chi connectivity index (χ0v) is 15.1. The number of carbonyl (C=O) groups is 2. The summed E-state index contributed by atoms with van der Waals surface area (Å²) in [6.45, 7) is 10.5. The van der Waals surface area contributed by atoms with Crippen LogP contribution in [0.3, 0.4) is 0 Å². The SMILES string of the molecule is C=C1C2=C(N)C(=O)C=C[C@]2(C)[C@H]2CC[C@]3(C)C(=O)[C@H](F)C[C@H]3[C@@H]2[C@@H]1C. The van der Waals surface area contributed by atoms with Gasteiger partial charge in [-0.15, -0.1) is 0 Å². The molecule has 3 fully saturated rings. The third-order valence-electron chi connectivity index (χ3n) is 7.90. The Hall–Kier alpha value is -1.71. The average Bonchev–Trinajstić information content (AvgIpc) is 2.80. The van der Waals surface area contributed by atoms with Crippen LogP contribution in [0.15, 0.2) is 35.6 Å². The highest BCUT2D eigenvalue weighted by Crippen LogP contribution is 2.66. The summed E-state index contributed by atoms with van der Waals surface area (Å²) in [5.74, 6) is 0.200. The topological polar surface area (TPSA) is 60.2 Å². The van der Waals surface area contributed by atoms with E-state index in [0.717, 1.165) is 17.6 Å². The van der Waals surface area contributed by atoms with Gasteiger partial charge >= 0.3 is 0 Å². The van der Waals surface area contributed by atoms with Crippen molar-refractivity contribution in [3.8, 4) is 0 Å².